The molecule has 122 valence electrons. The molecule has 0 atom stereocenters. The molecule has 6 heteroatoms. The summed E-state index contributed by atoms with van der Waals surface area (Å²) in [6.07, 6.45) is 3.46. The van der Waals surface area contributed by atoms with E-state index in [4.69, 9.17) is 9.84 Å². The Kier molecular flexibility index (Phi) is 7.67. The molecule has 0 radical (unpaired) electrons. The van der Waals surface area contributed by atoms with Crippen LogP contribution in [0.1, 0.15) is 46.0 Å². The molecular formula is C15H28N2O4. The summed E-state index contributed by atoms with van der Waals surface area (Å²) < 4.78 is 5.25. The lowest BCUT2D eigenvalue weighted by Gasteiger charge is -2.25. The fourth-order valence-electron chi connectivity index (χ4n) is 2.32. The standard InChI is InChI=1S/C15H28N2O4/c1-15(2,6-3-14(19)20)7-8-16-11-13(18)17-12-4-9-21-10-5-12/h12,16H,3-11H2,1-2H3,(H,17,18)(H,19,20). The third-order valence-electron chi connectivity index (χ3n) is 3.87. The normalized spacial score (nSPS) is 16.7. The Morgan fingerprint density at radius 3 is 2.52 bits per heavy atom. The van der Waals surface area contributed by atoms with Gasteiger partial charge in [0.1, 0.15) is 0 Å². The van der Waals surface area contributed by atoms with Crippen LogP contribution in [-0.4, -0.2) is 49.3 Å². The molecule has 0 aliphatic carbocycles. The number of carbonyl (C=O) groups is 2. The topological polar surface area (TPSA) is 87.7 Å². The second-order valence-corrected chi connectivity index (χ2v) is 6.44. The second kappa shape index (κ2) is 9.00. The van der Waals surface area contributed by atoms with Crippen LogP contribution in [0.4, 0.5) is 0 Å². The molecule has 0 spiro atoms. The van der Waals surface area contributed by atoms with Gasteiger partial charge in [-0.15, -0.1) is 0 Å². The van der Waals surface area contributed by atoms with Gasteiger partial charge in [0.15, 0.2) is 0 Å². The number of hydrogen-bond donors (Lipinski definition) is 3. The van der Waals surface area contributed by atoms with Crippen LogP contribution in [0.25, 0.3) is 0 Å². The maximum absolute atomic E-state index is 11.8. The highest BCUT2D eigenvalue weighted by atomic mass is 16.5. The van der Waals surface area contributed by atoms with E-state index >= 15 is 0 Å². The summed E-state index contributed by atoms with van der Waals surface area (Å²) >= 11 is 0. The Balaban J connectivity index is 2.09. The number of nitrogens with one attached hydrogen (secondary N) is 2. The number of amides is 1. The number of carbonyl (C=O) groups excluding carboxylic acids is 1. The smallest absolute Gasteiger partial charge is 0.303 e. The van der Waals surface area contributed by atoms with Crippen molar-refractivity contribution < 1.29 is 19.4 Å². The third kappa shape index (κ3) is 8.67. The lowest BCUT2D eigenvalue weighted by molar-refractivity contribution is -0.137. The first-order chi connectivity index (χ1) is 9.89. The molecule has 0 aromatic heterocycles. The van der Waals surface area contributed by atoms with Crippen molar-refractivity contribution in [3.8, 4) is 0 Å². The van der Waals surface area contributed by atoms with Gasteiger partial charge in [0.25, 0.3) is 0 Å². The number of aliphatic carboxylic acids is 1. The first-order valence-corrected chi connectivity index (χ1v) is 7.69. The number of ether oxygens (including phenoxy) is 1. The Hall–Kier alpha value is -1.14. The van der Waals surface area contributed by atoms with E-state index in [2.05, 4.69) is 24.5 Å². The van der Waals surface area contributed by atoms with Gasteiger partial charge in [0.05, 0.1) is 6.54 Å². The summed E-state index contributed by atoms with van der Waals surface area (Å²) in [7, 11) is 0. The predicted molar refractivity (Wildman–Crippen MR) is 80.1 cm³/mol. The van der Waals surface area contributed by atoms with Crippen molar-refractivity contribution >= 4 is 11.9 Å². The molecule has 3 N–H and O–H groups in total. The Labute approximate surface area is 126 Å². The van der Waals surface area contributed by atoms with Crippen molar-refractivity contribution in [3.05, 3.63) is 0 Å². The number of hydrogen-bond acceptors (Lipinski definition) is 4. The minimum Gasteiger partial charge on any atom is -0.481 e. The van der Waals surface area contributed by atoms with E-state index in [0.717, 1.165) is 32.5 Å². The van der Waals surface area contributed by atoms with Crippen molar-refractivity contribution in [2.45, 2.75) is 52.0 Å². The molecule has 21 heavy (non-hydrogen) atoms. The van der Waals surface area contributed by atoms with E-state index in [1.165, 1.54) is 0 Å². The fraction of sp³-hybridized carbons (Fsp3) is 0.867. The summed E-state index contributed by atoms with van der Waals surface area (Å²) in [5.41, 5.74) is -0.0252. The van der Waals surface area contributed by atoms with Crippen LogP contribution in [0.5, 0.6) is 0 Å². The molecule has 0 bridgehead atoms. The minimum atomic E-state index is -0.758. The van der Waals surface area contributed by atoms with Crippen molar-refractivity contribution in [1.29, 1.82) is 0 Å². The highest BCUT2D eigenvalue weighted by molar-refractivity contribution is 5.78. The van der Waals surface area contributed by atoms with E-state index in [1.807, 2.05) is 0 Å². The van der Waals surface area contributed by atoms with E-state index in [-0.39, 0.29) is 23.8 Å². The summed E-state index contributed by atoms with van der Waals surface area (Å²) in [6.45, 7) is 6.58. The van der Waals surface area contributed by atoms with Gasteiger partial charge in [-0.1, -0.05) is 13.8 Å². The zero-order chi connectivity index (χ0) is 15.7. The van der Waals surface area contributed by atoms with Gasteiger partial charge in [-0.2, -0.15) is 0 Å². The first-order valence-electron chi connectivity index (χ1n) is 7.69. The average molecular weight is 300 g/mol. The molecule has 0 unspecified atom stereocenters. The van der Waals surface area contributed by atoms with E-state index in [1.54, 1.807) is 0 Å². The molecule has 0 saturated carbocycles. The molecule has 1 aliphatic heterocycles. The maximum atomic E-state index is 11.8. The van der Waals surface area contributed by atoms with Crippen molar-refractivity contribution in [1.82, 2.24) is 10.6 Å². The van der Waals surface area contributed by atoms with E-state index < -0.39 is 5.97 Å². The quantitative estimate of drug-likeness (QED) is 0.556. The molecule has 1 heterocycles. The monoisotopic (exact) mass is 300 g/mol. The Bertz CT molecular complexity index is 339. The van der Waals surface area contributed by atoms with Gasteiger partial charge < -0.3 is 20.5 Å². The predicted octanol–water partition coefficient (Wildman–Crippen LogP) is 1.15. The van der Waals surface area contributed by atoms with Gasteiger partial charge in [-0.25, -0.2) is 0 Å². The van der Waals surface area contributed by atoms with Crippen LogP contribution in [0.15, 0.2) is 0 Å². The molecular weight excluding hydrogens is 272 g/mol. The highest BCUT2D eigenvalue weighted by Crippen LogP contribution is 2.25. The maximum Gasteiger partial charge on any atom is 0.303 e. The van der Waals surface area contributed by atoms with Crippen LogP contribution in [0.2, 0.25) is 0 Å². The van der Waals surface area contributed by atoms with Crippen LogP contribution in [0, 0.1) is 5.41 Å². The molecule has 1 saturated heterocycles. The zero-order valence-corrected chi connectivity index (χ0v) is 13.1. The minimum absolute atomic E-state index is 0.0187. The summed E-state index contributed by atoms with van der Waals surface area (Å²) in [5, 5.41) is 14.8. The highest BCUT2D eigenvalue weighted by Gasteiger charge is 2.19. The first kappa shape index (κ1) is 17.9. The van der Waals surface area contributed by atoms with Crippen LogP contribution < -0.4 is 10.6 Å². The summed E-state index contributed by atoms with van der Waals surface area (Å²) in [5.74, 6) is -0.739. The van der Waals surface area contributed by atoms with Crippen LogP contribution in [-0.2, 0) is 14.3 Å². The van der Waals surface area contributed by atoms with Gasteiger partial charge in [-0.05, 0) is 37.6 Å². The van der Waals surface area contributed by atoms with Crippen molar-refractivity contribution in [3.63, 3.8) is 0 Å². The van der Waals surface area contributed by atoms with Gasteiger partial charge in [0, 0.05) is 25.7 Å². The molecule has 0 aromatic carbocycles. The zero-order valence-electron chi connectivity index (χ0n) is 13.1. The molecule has 1 fully saturated rings. The summed E-state index contributed by atoms with van der Waals surface area (Å²) in [4.78, 5) is 22.3. The van der Waals surface area contributed by atoms with E-state index in [9.17, 15) is 9.59 Å². The Morgan fingerprint density at radius 2 is 1.90 bits per heavy atom. The average Bonchev–Trinajstić information content (AvgIpc) is 2.43. The number of carboxylic acid groups (broad SMARTS) is 1. The van der Waals surface area contributed by atoms with Crippen molar-refractivity contribution in [2.24, 2.45) is 5.41 Å². The number of carboxylic acids is 1. The molecule has 0 aromatic rings. The summed E-state index contributed by atoms with van der Waals surface area (Å²) in [6, 6.07) is 0.236. The van der Waals surface area contributed by atoms with Gasteiger partial charge in [-0.3, -0.25) is 9.59 Å². The van der Waals surface area contributed by atoms with E-state index in [0.29, 0.717) is 19.5 Å². The van der Waals surface area contributed by atoms with Gasteiger partial charge in [0.2, 0.25) is 5.91 Å². The third-order valence-corrected chi connectivity index (χ3v) is 3.87. The van der Waals surface area contributed by atoms with Crippen LogP contribution >= 0.6 is 0 Å². The van der Waals surface area contributed by atoms with Crippen LogP contribution in [0.3, 0.4) is 0 Å². The molecule has 1 rings (SSSR count). The van der Waals surface area contributed by atoms with Crippen molar-refractivity contribution in [2.75, 3.05) is 26.3 Å². The second-order valence-electron chi connectivity index (χ2n) is 6.44. The lowest BCUT2D eigenvalue weighted by atomic mass is 9.84. The molecule has 6 nitrogen and oxygen atoms in total. The lowest BCUT2D eigenvalue weighted by Crippen LogP contribution is -2.43. The Morgan fingerprint density at radius 1 is 1.24 bits per heavy atom. The largest absolute Gasteiger partial charge is 0.481 e. The fourth-order valence-corrected chi connectivity index (χ4v) is 2.32. The molecule has 1 amide bonds. The SMILES string of the molecule is CC(C)(CCNCC(=O)NC1CCOCC1)CCC(=O)O. The molecule has 1 aliphatic rings. The van der Waals surface area contributed by atoms with Gasteiger partial charge >= 0.3 is 5.97 Å². The number of rotatable bonds is 9.